The highest BCUT2D eigenvalue weighted by Gasteiger charge is 2.19. The summed E-state index contributed by atoms with van der Waals surface area (Å²) < 4.78 is 31.9. The molecule has 0 aliphatic carbocycles. The Kier molecular flexibility index (Phi) is 7.71. The Labute approximate surface area is 173 Å². The van der Waals surface area contributed by atoms with Crippen molar-refractivity contribution in [3.8, 4) is 5.75 Å². The number of aromatic nitrogens is 1. The molecule has 1 fully saturated rings. The summed E-state index contributed by atoms with van der Waals surface area (Å²) in [6.45, 7) is 5.15. The molecule has 2 N–H and O–H groups in total. The molecule has 7 nitrogen and oxygen atoms in total. The molecule has 0 spiro atoms. The standard InChI is InChI=1S/C21H30N4O3S/c1-2-29(26,27)24-19-6-3-7-20(16-19)25-13-9-18(10-14-25)23-12-5-15-28-21-8-4-11-22-17-21/h3-4,6-8,11,16-18,23-24H,2,5,9-10,12-15H2,1H3. The van der Waals surface area contributed by atoms with E-state index in [0.717, 1.165) is 50.3 Å². The predicted molar refractivity (Wildman–Crippen MR) is 117 cm³/mol. The summed E-state index contributed by atoms with van der Waals surface area (Å²) in [6, 6.07) is 11.9. The molecular formula is C21H30N4O3S. The lowest BCUT2D eigenvalue weighted by Gasteiger charge is -2.34. The number of piperidine rings is 1. The van der Waals surface area contributed by atoms with Gasteiger partial charge in [-0.15, -0.1) is 0 Å². The molecule has 0 saturated carbocycles. The van der Waals surface area contributed by atoms with E-state index in [-0.39, 0.29) is 5.75 Å². The predicted octanol–water partition coefficient (Wildman–Crippen LogP) is 2.87. The number of ether oxygens (including phenoxy) is 1. The molecule has 2 heterocycles. The maximum Gasteiger partial charge on any atom is 0.232 e. The SMILES string of the molecule is CCS(=O)(=O)Nc1cccc(N2CCC(NCCCOc3cccnc3)CC2)c1. The lowest BCUT2D eigenvalue weighted by molar-refractivity contribution is 0.299. The minimum absolute atomic E-state index is 0.0710. The van der Waals surface area contributed by atoms with E-state index in [1.54, 1.807) is 25.4 Å². The van der Waals surface area contributed by atoms with E-state index in [2.05, 4.69) is 19.9 Å². The van der Waals surface area contributed by atoms with Gasteiger partial charge in [0.1, 0.15) is 5.75 Å². The normalized spacial score (nSPS) is 15.3. The molecule has 0 unspecified atom stereocenters. The molecule has 1 aromatic carbocycles. The van der Waals surface area contributed by atoms with Gasteiger partial charge in [0.15, 0.2) is 0 Å². The number of benzene rings is 1. The van der Waals surface area contributed by atoms with Gasteiger partial charge in [-0.2, -0.15) is 0 Å². The first-order valence-electron chi connectivity index (χ1n) is 10.2. The molecule has 29 heavy (non-hydrogen) atoms. The minimum Gasteiger partial charge on any atom is -0.492 e. The number of anilines is 2. The summed E-state index contributed by atoms with van der Waals surface area (Å²) in [6.07, 6.45) is 6.55. The van der Waals surface area contributed by atoms with Gasteiger partial charge in [0.05, 0.1) is 24.2 Å². The Hall–Kier alpha value is -2.32. The molecule has 0 bridgehead atoms. The Morgan fingerprint density at radius 3 is 2.76 bits per heavy atom. The van der Waals surface area contributed by atoms with Gasteiger partial charge in [-0.1, -0.05) is 6.07 Å². The maximum atomic E-state index is 11.8. The molecule has 3 rings (SSSR count). The highest BCUT2D eigenvalue weighted by molar-refractivity contribution is 7.92. The molecule has 1 aliphatic heterocycles. The molecule has 0 amide bonds. The third-order valence-corrected chi connectivity index (χ3v) is 6.32. The molecule has 8 heteroatoms. The molecule has 0 atom stereocenters. The second-order valence-corrected chi connectivity index (χ2v) is 9.17. The van der Waals surface area contributed by atoms with Crippen LogP contribution in [-0.2, 0) is 10.0 Å². The minimum atomic E-state index is -3.25. The summed E-state index contributed by atoms with van der Waals surface area (Å²) in [5.74, 6) is 0.881. The van der Waals surface area contributed by atoms with Crippen LogP contribution in [0.5, 0.6) is 5.75 Å². The highest BCUT2D eigenvalue weighted by Crippen LogP contribution is 2.24. The van der Waals surface area contributed by atoms with Crippen LogP contribution in [0.4, 0.5) is 11.4 Å². The summed E-state index contributed by atoms with van der Waals surface area (Å²) in [4.78, 5) is 6.35. The molecule has 0 radical (unpaired) electrons. The van der Waals surface area contributed by atoms with Crippen LogP contribution < -0.4 is 19.7 Å². The third-order valence-electron chi connectivity index (χ3n) is 5.02. The first-order chi connectivity index (χ1) is 14.1. The fourth-order valence-corrected chi connectivity index (χ4v) is 3.99. The quantitative estimate of drug-likeness (QED) is 0.577. The van der Waals surface area contributed by atoms with Gasteiger partial charge in [0.2, 0.25) is 10.0 Å². The van der Waals surface area contributed by atoms with E-state index in [1.165, 1.54) is 0 Å². The fourth-order valence-electron chi connectivity index (χ4n) is 3.36. The Morgan fingerprint density at radius 1 is 1.21 bits per heavy atom. The van der Waals surface area contributed by atoms with Crippen LogP contribution in [0.2, 0.25) is 0 Å². The number of sulfonamides is 1. The van der Waals surface area contributed by atoms with Crippen LogP contribution in [0.15, 0.2) is 48.8 Å². The van der Waals surface area contributed by atoms with E-state index in [4.69, 9.17) is 4.74 Å². The van der Waals surface area contributed by atoms with Crippen LogP contribution >= 0.6 is 0 Å². The van der Waals surface area contributed by atoms with Crippen molar-refractivity contribution in [2.75, 3.05) is 41.6 Å². The zero-order valence-electron chi connectivity index (χ0n) is 16.9. The second kappa shape index (κ2) is 10.5. The highest BCUT2D eigenvalue weighted by atomic mass is 32.2. The van der Waals surface area contributed by atoms with Crippen molar-refractivity contribution < 1.29 is 13.2 Å². The molecule has 1 aromatic heterocycles. The first kappa shape index (κ1) is 21.4. The smallest absolute Gasteiger partial charge is 0.232 e. The molecule has 1 saturated heterocycles. The zero-order chi connectivity index (χ0) is 20.5. The number of hydrogen-bond donors (Lipinski definition) is 2. The van der Waals surface area contributed by atoms with Crippen molar-refractivity contribution >= 4 is 21.4 Å². The van der Waals surface area contributed by atoms with Gasteiger partial charge < -0.3 is 15.0 Å². The van der Waals surface area contributed by atoms with Crippen LogP contribution in [0.25, 0.3) is 0 Å². The van der Waals surface area contributed by atoms with E-state index < -0.39 is 10.0 Å². The van der Waals surface area contributed by atoms with Crippen LogP contribution in [0, 0.1) is 0 Å². The first-order valence-corrected chi connectivity index (χ1v) is 11.8. The number of rotatable bonds is 10. The summed E-state index contributed by atoms with van der Waals surface area (Å²) in [5.41, 5.74) is 1.68. The van der Waals surface area contributed by atoms with Crippen molar-refractivity contribution in [3.05, 3.63) is 48.8 Å². The van der Waals surface area contributed by atoms with E-state index in [9.17, 15) is 8.42 Å². The van der Waals surface area contributed by atoms with E-state index >= 15 is 0 Å². The van der Waals surface area contributed by atoms with Gasteiger partial charge in [0.25, 0.3) is 0 Å². The Balaban J connectivity index is 1.38. The number of hydrogen-bond acceptors (Lipinski definition) is 6. The molecule has 2 aromatic rings. The Morgan fingerprint density at radius 2 is 2.03 bits per heavy atom. The van der Waals surface area contributed by atoms with E-state index in [0.29, 0.717) is 18.3 Å². The van der Waals surface area contributed by atoms with E-state index in [1.807, 2.05) is 30.3 Å². The van der Waals surface area contributed by atoms with Gasteiger partial charge in [-0.3, -0.25) is 9.71 Å². The van der Waals surface area contributed by atoms with Crippen LogP contribution in [0.3, 0.4) is 0 Å². The van der Waals surface area contributed by atoms with Gasteiger partial charge in [-0.25, -0.2) is 8.42 Å². The lowest BCUT2D eigenvalue weighted by atomic mass is 10.0. The van der Waals surface area contributed by atoms with Crippen molar-refractivity contribution in [1.29, 1.82) is 0 Å². The maximum absolute atomic E-state index is 11.8. The van der Waals surface area contributed by atoms with Crippen molar-refractivity contribution in [1.82, 2.24) is 10.3 Å². The average molecular weight is 419 g/mol. The number of nitrogens with zero attached hydrogens (tertiary/aromatic N) is 2. The summed E-state index contributed by atoms with van der Waals surface area (Å²) >= 11 is 0. The third kappa shape index (κ3) is 6.90. The fraction of sp³-hybridized carbons (Fsp3) is 0.476. The lowest BCUT2D eigenvalue weighted by Crippen LogP contribution is -2.43. The van der Waals surface area contributed by atoms with Gasteiger partial charge >= 0.3 is 0 Å². The summed E-state index contributed by atoms with van der Waals surface area (Å²) in [5, 5.41) is 3.62. The van der Waals surface area contributed by atoms with Crippen molar-refractivity contribution in [3.63, 3.8) is 0 Å². The number of nitrogens with one attached hydrogen (secondary N) is 2. The van der Waals surface area contributed by atoms with Crippen molar-refractivity contribution in [2.45, 2.75) is 32.2 Å². The Bertz CT molecular complexity index is 853. The molecule has 158 valence electrons. The molecule has 1 aliphatic rings. The summed E-state index contributed by atoms with van der Waals surface area (Å²) in [7, 11) is -3.25. The monoisotopic (exact) mass is 418 g/mol. The van der Waals surface area contributed by atoms with Gasteiger partial charge in [0, 0.05) is 31.0 Å². The largest absolute Gasteiger partial charge is 0.492 e. The van der Waals surface area contributed by atoms with Crippen LogP contribution in [-0.4, -0.2) is 51.4 Å². The average Bonchev–Trinajstić information content (AvgIpc) is 2.75. The van der Waals surface area contributed by atoms with Crippen molar-refractivity contribution in [2.24, 2.45) is 0 Å². The zero-order valence-corrected chi connectivity index (χ0v) is 17.7. The second-order valence-electron chi connectivity index (χ2n) is 7.16. The van der Waals surface area contributed by atoms with Gasteiger partial charge in [-0.05, 0) is 63.1 Å². The number of pyridine rings is 1. The topological polar surface area (TPSA) is 83.6 Å². The van der Waals surface area contributed by atoms with Crippen LogP contribution in [0.1, 0.15) is 26.2 Å². The molecular weight excluding hydrogens is 388 g/mol.